The molecule has 0 radical (unpaired) electrons. The third-order valence-corrected chi connectivity index (χ3v) is 5.44. The molecular formula is C24H17Cl2NO3. The molecule has 0 aliphatic carbocycles. The fraction of sp³-hybridized carbons (Fsp3) is 0.0833. The lowest BCUT2D eigenvalue weighted by Gasteiger charge is -2.12. The second-order valence-electron chi connectivity index (χ2n) is 6.58. The van der Waals surface area contributed by atoms with E-state index in [0.29, 0.717) is 37.8 Å². The first-order valence-electron chi connectivity index (χ1n) is 9.21. The lowest BCUT2D eigenvalue weighted by atomic mass is 10.0. The van der Waals surface area contributed by atoms with Crippen LogP contribution in [-0.2, 0) is 11.3 Å². The van der Waals surface area contributed by atoms with Gasteiger partial charge in [0.2, 0.25) is 0 Å². The van der Waals surface area contributed by atoms with E-state index in [1.165, 1.54) is 0 Å². The predicted molar refractivity (Wildman–Crippen MR) is 119 cm³/mol. The maximum absolute atomic E-state index is 13.0. The van der Waals surface area contributed by atoms with Crippen molar-refractivity contribution in [1.82, 2.24) is 4.98 Å². The van der Waals surface area contributed by atoms with Crippen LogP contribution in [0.15, 0.2) is 72.8 Å². The molecule has 4 aromatic rings. The number of benzene rings is 3. The Morgan fingerprint density at radius 3 is 2.33 bits per heavy atom. The van der Waals surface area contributed by atoms with E-state index >= 15 is 0 Å². The maximum atomic E-state index is 13.0. The highest BCUT2D eigenvalue weighted by atomic mass is 35.5. The number of rotatable bonds is 5. The number of methoxy groups -OCH3 is 1. The number of halogens is 2. The van der Waals surface area contributed by atoms with Gasteiger partial charge in [-0.1, -0.05) is 47.5 Å². The number of para-hydroxylation sites is 1. The minimum atomic E-state index is -0.473. The highest BCUT2D eigenvalue weighted by Gasteiger charge is 2.17. The summed E-state index contributed by atoms with van der Waals surface area (Å²) >= 11 is 12.4. The molecule has 0 bridgehead atoms. The molecule has 0 saturated heterocycles. The van der Waals surface area contributed by atoms with Crippen molar-refractivity contribution in [3.8, 4) is 17.0 Å². The van der Waals surface area contributed by atoms with E-state index in [-0.39, 0.29) is 6.61 Å². The largest absolute Gasteiger partial charge is 0.497 e. The van der Waals surface area contributed by atoms with Crippen molar-refractivity contribution in [3.05, 3.63) is 94.0 Å². The number of fused-ring (bicyclic) bond motifs is 1. The molecule has 4 nitrogen and oxygen atoms in total. The third-order valence-electron chi connectivity index (χ3n) is 4.73. The summed E-state index contributed by atoms with van der Waals surface area (Å²) in [5, 5.41) is 1.62. The fourth-order valence-corrected chi connectivity index (χ4v) is 3.65. The van der Waals surface area contributed by atoms with Crippen LogP contribution < -0.4 is 4.74 Å². The maximum Gasteiger partial charge on any atom is 0.339 e. The molecule has 150 valence electrons. The van der Waals surface area contributed by atoms with Crippen molar-refractivity contribution in [1.29, 1.82) is 0 Å². The van der Waals surface area contributed by atoms with Crippen LogP contribution in [0.2, 0.25) is 10.0 Å². The van der Waals surface area contributed by atoms with Gasteiger partial charge >= 0.3 is 5.97 Å². The summed E-state index contributed by atoms with van der Waals surface area (Å²) in [6.07, 6.45) is 0. The van der Waals surface area contributed by atoms with Crippen LogP contribution in [0.5, 0.6) is 5.75 Å². The van der Waals surface area contributed by atoms with Gasteiger partial charge in [-0.2, -0.15) is 0 Å². The van der Waals surface area contributed by atoms with Gasteiger partial charge in [0, 0.05) is 26.6 Å². The Labute approximate surface area is 184 Å². The molecule has 4 rings (SSSR count). The number of hydrogen-bond donors (Lipinski definition) is 0. The van der Waals surface area contributed by atoms with Crippen molar-refractivity contribution in [2.45, 2.75) is 6.61 Å². The molecule has 0 aliphatic rings. The van der Waals surface area contributed by atoms with Crippen LogP contribution in [0.3, 0.4) is 0 Å². The smallest absolute Gasteiger partial charge is 0.339 e. The molecule has 0 atom stereocenters. The number of esters is 1. The Morgan fingerprint density at radius 1 is 0.933 bits per heavy atom. The van der Waals surface area contributed by atoms with Gasteiger partial charge in [-0.15, -0.1) is 0 Å². The van der Waals surface area contributed by atoms with E-state index in [9.17, 15) is 4.79 Å². The average molecular weight is 438 g/mol. The van der Waals surface area contributed by atoms with Crippen molar-refractivity contribution in [2.24, 2.45) is 0 Å². The summed E-state index contributed by atoms with van der Waals surface area (Å²) in [7, 11) is 1.61. The Kier molecular flexibility index (Phi) is 5.88. The molecule has 0 saturated carbocycles. The summed E-state index contributed by atoms with van der Waals surface area (Å²) in [4.78, 5) is 17.7. The Morgan fingerprint density at radius 2 is 1.63 bits per heavy atom. The van der Waals surface area contributed by atoms with Gasteiger partial charge in [0.1, 0.15) is 12.4 Å². The van der Waals surface area contributed by atoms with Crippen molar-refractivity contribution >= 4 is 40.1 Å². The normalized spacial score (nSPS) is 10.8. The highest BCUT2D eigenvalue weighted by molar-refractivity contribution is 6.36. The van der Waals surface area contributed by atoms with Crippen LogP contribution in [0.25, 0.3) is 22.2 Å². The van der Waals surface area contributed by atoms with Crippen molar-refractivity contribution in [3.63, 3.8) is 0 Å². The van der Waals surface area contributed by atoms with E-state index in [1.54, 1.807) is 31.4 Å². The van der Waals surface area contributed by atoms with Crippen molar-refractivity contribution in [2.75, 3.05) is 7.11 Å². The van der Waals surface area contributed by atoms with E-state index in [4.69, 9.17) is 37.7 Å². The summed E-state index contributed by atoms with van der Waals surface area (Å²) in [5.74, 6) is 0.273. The molecule has 3 aromatic carbocycles. The van der Waals surface area contributed by atoms with Gasteiger partial charge in [-0.3, -0.25) is 0 Å². The van der Waals surface area contributed by atoms with Crippen LogP contribution in [0.4, 0.5) is 0 Å². The van der Waals surface area contributed by atoms with Crippen LogP contribution in [0, 0.1) is 0 Å². The molecular weight excluding hydrogens is 421 g/mol. The quantitative estimate of drug-likeness (QED) is 0.331. The first-order chi connectivity index (χ1) is 14.6. The molecule has 1 heterocycles. The zero-order valence-corrected chi connectivity index (χ0v) is 17.6. The molecule has 1 aromatic heterocycles. The SMILES string of the molecule is COc1ccc(-c2cc(C(=O)OCc3c(Cl)cccc3Cl)c3ccccc3n2)cc1. The lowest BCUT2D eigenvalue weighted by molar-refractivity contribution is 0.0475. The number of hydrogen-bond acceptors (Lipinski definition) is 4. The Hall–Kier alpha value is -3.08. The molecule has 0 spiro atoms. The molecule has 0 N–H and O–H groups in total. The van der Waals surface area contributed by atoms with Crippen LogP contribution >= 0.6 is 23.2 Å². The molecule has 30 heavy (non-hydrogen) atoms. The number of carbonyl (C=O) groups is 1. The van der Waals surface area contributed by atoms with E-state index < -0.39 is 5.97 Å². The molecule has 0 aliphatic heterocycles. The topological polar surface area (TPSA) is 48.4 Å². The summed E-state index contributed by atoms with van der Waals surface area (Å²) < 4.78 is 10.8. The fourth-order valence-electron chi connectivity index (χ4n) is 3.14. The first-order valence-corrected chi connectivity index (χ1v) is 9.96. The minimum absolute atomic E-state index is 0.0220. The number of nitrogens with zero attached hydrogens (tertiary/aromatic N) is 1. The highest BCUT2D eigenvalue weighted by Crippen LogP contribution is 2.28. The number of ether oxygens (including phenoxy) is 2. The second-order valence-corrected chi connectivity index (χ2v) is 7.39. The van der Waals surface area contributed by atoms with Gasteiger partial charge in [-0.25, -0.2) is 9.78 Å². The van der Waals surface area contributed by atoms with E-state index in [1.807, 2.05) is 48.5 Å². The molecule has 0 unspecified atom stereocenters. The summed E-state index contributed by atoms with van der Waals surface area (Å²) in [5.41, 5.74) is 3.23. The minimum Gasteiger partial charge on any atom is -0.497 e. The number of aromatic nitrogens is 1. The zero-order chi connectivity index (χ0) is 21.1. The molecule has 6 heteroatoms. The summed E-state index contributed by atoms with van der Waals surface area (Å²) in [6, 6.07) is 21.8. The van der Waals surface area contributed by atoms with Gasteiger partial charge < -0.3 is 9.47 Å². The zero-order valence-electron chi connectivity index (χ0n) is 16.1. The Bertz CT molecular complexity index is 1200. The second kappa shape index (κ2) is 8.74. The first kappa shape index (κ1) is 20.2. The van der Waals surface area contributed by atoms with Crippen molar-refractivity contribution < 1.29 is 14.3 Å². The number of carbonyl (C=O) groups excluding carboxylic acids is 1. The van der Waals surface area contributed by atoms with Crippen LogP contribution in [-0.4, -0.2) is 18.1 Å². The van der Waals surface area contributed by atoms with Crippen LogP contribution in [0.1, 0.15) is 15.9 Å². The van der Waals surface area contributed by atoms with Gasteiger partial charge in [0.15, 0.2) is 0 Å². The lowest BCUT2D eigenvalue weighted by Crippen LogP contribution is -2.07. The molecule has 0 amide bonds. The third kappa shape index (κ3) is 4.11. The average Bonchev–Trinajstić information content (AvgIpc) is 2.78. The van der Waals surface area contributed by atoms with E-state index in [2.05, 4.69) is 0 Å². The van der Waals surface area contributed by atoms with Gasteiger partial charge in [0.25, 0.3) is 0 Å². The van der Waals surface area contributed by atoms with Gasteiger partial charge in [0.05, 0.1) is 23.9 Å². The van der Waals surface area contributed by atoms with Gasteiger partial charge in [-0.05, 0) is 48.5 Å². The summed E-state index contributed by atoms with van der Waals surface area (Å²) in [6.45, 7) is -0.0220. The standard InChI is InChI=1S/C24H17Cl2NO3/c1-29-16-11-9-15(10-12-16)23-13-18(17-5-2-3-8-22(17)27-23)24(28)30-14-19-20(25)6-4-7-21(19)26/h2-13H,14H2,1H3. The monoisotopic (exact) mass is 437 g/mol. The number of pyridine rings is 1. The predicted octanol–water partition coefficient (Wildman–Crippen LogP) is 6.57. The van der Waals surface area contributed by atoms with E-state index in [0.717, 1.165) is 11.3 Å². The molecule has 0 fully saturated rings. The Balaban J connectivity index is 1.70.